The van der Waals surface area contributed by atoms with Crippen LogP contribution in [-0.2, 0) is 6.42 Å². The van der Waals surface area contributed by atoms with E-state index in [2.05, 4.69) is 10.1 Å². The smallest absolute Gasteiger partial charge is 0.395 e. The molecule has 17 heavy (non-hydrogen) atoms. The summed E-state index contributed by atoms with van der Waals surface area (Å²) in [5.74, 6) is 0.458. The second-order valence-corrected chi connectivity index (χ2v) is 3.30. The summed E-state index contributed by atoms with van der Waals surface area (Å²) in [5.41, 5.74) is 5.35. The van der Waals surface area contributed by atoms with Crippen LogP contribution in [0.4, 0.5) is 5.88 Å². The summed E-state index contributed by atoms with van der Waals surface area (Å²) >= 11 is 0. The van der Waals surface area contributed by atoms with Gasteiger partial charge in [-0.15, -0.1) is 0 Å². The molecule has 2 N–H and O–H groups in total. The maximum atomic E-state index is 10.4. The third kappa shape index (κ3) is 2.48. The molecule has 0 saturated heterocycles. The van der Waals surface area contributed by atoms with Crippen LogP contribution >= 0.6 is 0 Å². The number of rotatable bonds is 5. The maximum absolute atomic E-state index is 10.4. The first kappa shape index (κ1) is 11.3. The highest BCUT2D eigenvalue weighted by molar-refractivity contribution is 5.46. The number of aromatic nitrogens is 2. The Morgan fingerprint density at radius 2 is 2.29 bits per heavy atom. The van der Waals surface area contributed by atoms with Crippen LogP contribution in [0.5, 0.6) is 0 Å². The number of furan rings is 1. The molecule has 2 aromatic rings. The van der Waals surface area contributed by atoms with Crippen molar-refractivity contribution in [1.29, 1.82) is 0 Å². The summed E-state index contributed by atoms with van der Waals surface area (Å²) in [6, 6.07) is 2.65. The van der Waals surface area contributed by atoms with E-state index in [0.29, 0.717) is 18.8 Å². The molecule has 0 bridgehead atoms. The Labute approximate surface area is 95.6 Å². The van der Waals surface area contributed by atoms with E-state index < -0.39 is 4.92 Å². The van der Waals surface area contributed by atoms with Crippen LogP contribution in [0.15, 0.2) is 21.1 Å². The van der Waals surface area contributed by atoms with Gasteiger partial charge in [-0.2, -0.15) is 4.98 Å². The van der Waals surface area contributed by atoms with Gasteiger partial charge in [-0.1, -0.05) is 5.16 Å². The Balaban J connectivity index is 2.15. The Morgan fingerprint density at radius 3 is 2.94 bits per heavy atom. The van der Waals surface area contributed by atoms with Gasteiger partial charge in [-0.25, -0.2) is 0 Å². The fourth-order valence-electron chi connectivity index (χ4n) is 1.26. The van der Waals surface area contributed by atoms with Crippen molar-refractivity contribution in [3.63, 3.8) is 0 Å². The summed E-state index contributed by atoms with van der Waals surface area (Å²) in [6.45, 7) is 0.538. The molecule has 0 aliphatic heterocycles. The lowest BCUT2D eigenvalue weighted by Gasteiger charge is -1.88. The second-order valence-electron chi connectivity index (χ2n) is 3.30. The first-order valence-electron chi connectivity index (χ1n) is 4.98. The predicted molar refractivity (Wildman–Crippen MR) is 56.0 cm³/mol. The zero-order valence-corrected chi connectivity index (χ0v) is 8.83. The topological polar surface area (TPSA) is 121 Å². The minimum absolute atomic E-state index is 0.130. The molecule has 0 aliphatic carbocycles. The lowest BCUT2D eigenvalue weighted by atomic mass is 10.3. The quantitative estimate of drug-likeness (QED) is 0.611. The van der Waals surface area contributed by atoms with Crippen LogP contribution in [0.25, 0.3) is 11.7 Å². The van der Waals surface area contributed by atoms with Gasteiger partial charge in [0.2, 0.25) is 0 Å². The number of nitrogens with two attached hydrogens (primary N) is 1. The SMILES string of the molecule is NCCCc1noc(-c2ccc([N+](=O)[O-])o2)n1. The average molecular weight is 238 g/mol. The van der Waals surface area contributed by atoms with Crippen molar-refractivity contribution >= 4 is 5.88 Å². The van der Waals surface area contributed by atoms with Crippen LogP contribution in [-0.4, -0.2) is 21.6 Å². The molecule has 2 rings (SSSR count). The highest BCUT2D eigenvalue weighted by Gasteiger charge is 2.17. The Morgan fingerprint density at radius 1 is 1.47 bits per heavy atom. The molecular weight excluding hydrogens is 228 g/mol. The van der Waals surface area contributed by atoms with E-state index in [1.165, 1.54) is 12.1 Å². The van der Waals surface area contributed by atoms with E-state index in [9.17, 15) is 10.1 Å². The summed E-state index contributed by atoms with van der Waals surface area (Å²) in [7, 11) is 0. The molecule has 0 fully saturated rings. The van der Waals surface area contributed by atoms with Gasteiger partial charge in [0.1, 0.15) is 4.92 Å². The average Bonchev–Trinajstić information content (AvgIpc) is 2.94. The Kier molecular flexibility index (Phi) is 3.15. The van der Waals surface area contributed by atoms with Crippen LogP contribution in [0, 0.1) is 10.1 Å². The molecule has 8 nitrogen and oxygen atoms in total. The number of nitrogens with zero attached hydrogens (tertiary/aromatic N) is 3. The summed E-state index contributed by atoms with van der Waals surface area (Å²) in [6.07, 6.45) is 1.35. The van der Waals surface area contributed by atoms with Crippen LogP contribution in [0.1, 0.15) is 12.2 Å². The third-order valence-electron chi connectivity index (χ3n) is 2.06. The lowest BCUT2D eigenvalue weighted by Crippen LogP contribution is -2.01. The van der Waals surface area contributed by atoms with Crippen molar-refractivity contribution in [2.75, 3.05) is 6.54 Å². The second kappa shape index (κ2) is 4.74. The minimum Gasteiger partial charge on any atom is -0.395 e. The predicted octanol–water partition coefficient (Wildman–Crippen LogP) is 1.13. The van der Waals surface area contributed by atoms with Crippen molar-refractivity contribution in [1.82, 2.24) is 10.1 Å². The third-order valence-corrected chi connectivity index (χ3v) is 2.06. The molecule has 0 amide bonds. The highest BCUT2D eigenvalue weighted by atomic mass is 16.6. The normalized spacial score (nSPS) is 10.6. The summed E-state index contributed by atoms with van der Waals surface area (Å²) in [5, 5.41) is 14.1. The number of aryl methyl sites for hydroxylation is 1. The van der Waals surface area contributed by atoms with Gasteiger partial charge < -0.3 is 14.7 Å². The molecule has 2 heterocycles. The first-order valence-corrected chi connectivity index (χ1v) is 4.98. The fraction of sp³-hybridized carbons (Fsp3) is 0.333. The largest absolute Gasteiger partial charge is 0.433 e. The molecule has 0 spiro atoms. The van der Waals surface area contributed by atoms with Gasteiger partial charge in [-0.3, -0.25) is 10.1 Å². The van der Waals surface area contributed by atoms with E-state index in [1.807, 2.05) is 0 Å². The van der Waals surface area contributed by atoms with Crippen molar-refractivity contribution in [2.45, 2.75) is 12.8 Å². The molecule has 0 aliphatic rings. The van der Waals surface area contributed by atoms with E-state index in [-0.39, 0.29) is 17.5 Å². The van der Waals surface area contributed by atoms with Crippen LogP contribution < -0.4 is 5.73 Å². The zero-order valence-electron chi connectivity index (χ0n) is 8.83. The molecule has 8 heteroatoms. The van der Waals surface area contributed by atoms with E-state index in [1.54, 1.807) is 0 Å². The molecule has 0 atom stereocenters. The lowest BCUT2D eigenvalue weighted by molar-refractivity contribution is -0.401. The van der Waals surface area contributed by atoms with Crippen molar-refractivity contribution in [3.05, 3.63) is 28.1 Å². The molecule has 0 aromatic carbocycles. The van der Waals surface area contributed by atoms with E-state index in [0.717, 1.165) is 6.42 Å². The van der Waals surface area contributed by atoms with E-state index >= 15 is 0 Å². The van der Waals surface area contributed by atoms with Gasteiger partial charge in [0.15, 0.2) is 11.6 Å². The first-order chi connectivity index (χ1) is 8.20. The number of hydrogen-bond donors (Lipinski definition) is 1. The van der Waals surface area contributed by atoms with Crippen molar-refractivity contribution < 1.29 is 13.9 Å². The monoisotopic (exact) mass is 238 g/mol. The van der Waals surface area contributed by atoms with Crippen LogP contribution in [0.3, 0.4) is 0 Å². The summed E-state index contributed by atoms with van der Waals surface area (Å²) in [4.78, 5) is 13.8. The molecular formula is C9H10N4O4. The van der Waals surface area contributed by atoms with Gasteiger partial charge >= 0.3 is 5.88 Å². The zero-order chi connectivity index (χ0) is 12.3. The van der Waals surface area contributed by atoms with E-state index in [4.69, 9.17) is 14.7 Å². The standard InChI is InChI=1S/C9H10N4O4/c10-5-1-2-7-11-9(17-12-7)6-3-4-8(16-6)13(14)15/h3-4H,1-2,5,10H2. The molecule has 2 aromatic heterocycles. The van der Waals surface area contributed by atoms with Crippen molar-refractivity contribution in [3.8, 4) is 11.7 Å². The van der Waals surface area contributed by atoms with Crippen molar-refractivity contribution in [2.24, 2.45) is 5.73 Å². The van der Waals surface area contributed by atoms with Gasteiger partial charge in [-0.05, 0) is 19.0 Å². The fourth-order valence-corrected chi connectivity index (χ4v) is 1.26. The highest BCUT2D eigenvalue weighted by Crippen LogP contribution is 2.24. The molecule has 0 radical (unpaired) electrons. The van der Waals surface area contributed by atoms with Gasteiger partial charge in [0.05, 0.1) is 6.07 Å². The Hall–Kier alpha value is -2.22. The molecule has 0 unspecified atom stereocenters. The summed E-state index contributed by atoms with van der Waals surface area (Å²) < 4.78 is 9.85. The molecule has 90 valence electrons. The maximum Gasteiger partial charge on any atom is 0.433 e. The van der Waals surface area contributed by atoms with Gasteiger partial charge in [0.25, 0.3) is 5.89 Å². The molecule has 0 saturated carbocycles. The Bertz CT molecular complexity index is 519. The number of nitro groups is 1. The minimum atomic E-state index is -0.630. The van der Waals surface area contributed by atoms with Gasteiger partial charge in [0, 0.05) is 6.42 Å². The van der Waals surface area contributed by atoms with Crippen LogP contribution in [0.2, 0.25) is 0 Å². The number of hydrogen-bond acceptors (Lipinski definition) is 7.